The molecule has 106 valence electrons. The van der Waals surface area contributed by atoms with Gasteiger partial charge in [0.25, 0.3) is 0 Å². The van der Waals surface area contributed by atoms with Crippen LogP contribution in [0.5, 0.6) is 0 Å². The minimum atomic E-state index is 0.109. The van der Waals surface area contributed by atoms with Crippen LogP contribution in [0, 0.1) is 5.41 Å². The van der Waals surface area contributed by atoms with Gasteiger partial charge in [-0.2, -0.15) is 0 Å². The molecule has 1 fully saturated rings. The molecule has 0 saturated carbocycles. The van der Waals surface area contributed by atoms with E-state index in [4.69, 9.17) is 16.3 Å². The molecule has 0 aromatic heterocycles. The Morgan fingerprint density at radius 1 is 1.26 bits per heavy atom. The lowest BCUT2D eigenvalue weighted by Crippen LogP contribution is -2.37. The fourth-order valence-corrected chi connectivity index (χ4v) is 2.81. The van der Waals surface area contributed by atoms with Crippen LogP contribution in [0.15, 0.2) is 24.3 Å². The van der Waals surface area contributed by atoms with Gasteiger partial charge < -0.3 is 10.1 Å². The van der Waals surface area contributed by atoms with E-state index in [2.05, 4.69) is 38.2 Å². The lowest BCUT2D eigenvalue weighted by Gasteiger charge is -2.29. The molecule has 3 heteroatoms. The molecular weight excluding hydrogens is 258 g/mol. The molecule has 0 radical (unpaired) electrons. The van der Waals surface area contributed by atoms with Gasteiger partial charge in [-0.3, -0.25) is 0 Å². The molecule has 1 aliphatic heterocycles. The van der Waals surface area contributed by atoms with E-state index in [1.807, 2.05) is 12.1 Å². The number of hydrogen-bond donors (Lipinski definition) is 1. The van der Waals surface area contributed by atoms with Gasteiger partial charge in [-0.15, -0.1) is 0 Å². The molecule has 2 rings (SSSR count). The average molecular weight is 282 g/mol. The van der Waals surface area contributed by atoms with Crippen LogP contribution in [-0.2, 0) is 4.74 Å². The Kier molecular flexibility index (Phi) is 4.88. The van der Waals surface area contributed by atoms with Crippen LogP contribution in [-0.4, -0.2) is 19.2 Å². The van der Waals surface area contributed by atoms with E-state index in [1.165, 1.54) is 5.56 Å². The zero-order valence-electron chi connectivity index (χ0n) is 12.1. The first-order chi connectivity index (χ1) is 9.10. The Morgan fingerprint density at radius 3 is 2.47 bits per heavy atom. The highest BCUT2D eigenvalue weighted by atomic mass is 35.5. The third kappa shape index (κ3) is 3.31. The molecule has 2 atom stereocenters. The molecule has 0 spiro atoms. The maximum atomic E-state index is 6.23. The fraction of sp³-hybridized carbons (Fsp3) is 0.625. The summed E-state index contributed by atoms with van der Waals surface area (Å²) in [5, 5.41) is 4.42. The van der Waals surface area contributed by atoms with Gasteiger partial charge in [0.05, 0.1) is 12.7 Å². The second-order valence-corrected chi connectivity index (χ2v) is 6.10. The van der Waals surface area contributed by atoms with Gasteiger partial charge in [-0.1, -0.05) is 37.6 Å². The van der Waals surface area contributed by atoms with Crippen molar-refractivity contribution in [3.05, 3.63) is 34.9 Å². The Morgan fingerprint density at radius 2 is 1.89 bits per heavy atom. The van der Waals surface area contributed by atoms with Gasteiger partial charge in [0.15, 0.2) is 0 Å². The molecule has 2 nitrogen and oxygen atoms in total. The van der Waals surface area contributed by atoms with Gasteiger partial charge in [0, 0.05) is 23.0 Å². The van der Waals surface area contributed by atoms with Crippen molar-refractivity contribution in [2.24, 2.45) is 5.41 Å². The first-order valence-corrected chi connectivity index (χ1v) is 7.58. The summed E-state index contributed by atoms with van der Waals surface area (Å²) in [5.41, 5.74) is 1.47. The van der Waals surface area contributed by atoms with E-state index in [0.29, 0.717) is 6.04 Å². The van der Waals surface area contributed by atoms with Crippen LogP contribution in [0.2, 0.25) is 5.02 Å². The van der Waals surface area contributed by atoms with E-state index >= 15 is 0 Å². The molecular formula is C16H24ClNO. The lowest BCUT2D eigenvalue weighted by atomic mass is 9.83. The molecule has 1 aromatic carbocycles. The smallest absolute Gasteiger partial charge is 0.0975 e. The Hall–Kier alpha value is -0.570. The third-order valence-electron chi connectivity index (χ3n) is 4.52. The summed E-state index contributed by atoms with van der Waals surface area (Å²) in [7, 11) is 0. The van der Waals surface area contributed by atoms with Crippen LogP contribution >= 0.6 is 11.6 Å². The normalized spacial score (nSPS) is 26.9. The summed E-state index contributed by atoms with van der Waals surface area (Å²) in [5.74, 6) is 0. The molecule has 1 heterocycles. The quantitative estimate of drug-likeness (QED) is 0.897. The first kappa shape index (κ1) is 14.8. The standard InChI is InChI=1S/C16H24ClNO/c1-4-16(5-2)10-18-12(3)15(19-11-16)13-6-8-14(17)9-7-13/h6-9,12,15,18H,4-5,10-11H2,1-3H3. The van der Waals surface area contributed by atoms with Crippen molar-refractivity contribution in [1.29, 1.82) is 0 Å². The Bertz CT molecular complexity index is 400. The topological polar surface area (TPSA) is 21.3 Å². The minimum Gasteiger partial charge on any atom is -0.371 e. The summed E-state index contributed by atoms with van der Waals surface area (Å²) < 4.78 is 6.23. The van der Waals surface area contributed by atoms with E-state index in [-0.39, 0.29) is 11.5 Å². The largest absolute Gasteiger partial charge is 0.371 e. The molecule has 1 saturated heterocycles. The number of ether oxygens (including phenoxy) is 1. The van der Waals surface area contributed by atoms with Crippen LogP contribution in [0.25, 0.3) is 0 Å². The Labute approximate surface area is 121 Å². The van der Waals surface area contributed by atoms with Gasteiger partial charge in [-0.05, 0) is 37.5 Å². The summed E-state index contributed by atoms with van der Waals surface area (Å²) in [6.07, 6.45) is 2.41. The Balaban J connectivity index is 2.16. The van der Waals surface area contributed by atoms with Crippen molar-refractivity contribution >= 4 is 11.6 Å². The van der Waals surface area contributed by atoms with Crippen molar-refractivity contribution in [2.75, 3.05) is 13.2 Å². The SMILES string of the molecule is CCC1(CC)CNC(C)C(c2ccc(Cl)cc2)OC1. The van der Waals surface area contributed by atoms with Gasteiger partial charge >= 0.3 is 0 Å². The fourth-order valence-electron chi connectivity index (χ4n) is 2.69. The van der Waals surface area contributed by atoms with Crippen molar-refractivity contribution in [3.63, 3.8) is 0 Å². The van der Waals surface area contributed by atoms with E-state index in [9.17, 15) is 0 Å². The molecule has 0 aliphatic carbocycles. The van der Waals surface area contributed by atoms with Crippen LogP contribution in [0.4, 0.5) is 0 Å². The molecule has 0 bridgehead atoms. The highest BCUT2D eigenvalue weighted by molar-refractivity contribution is 6.30. The first-order valence-electron chi connectivity index (χ1n) is 7.20. The molecule has 1 aromatic rings. The van der Waals surface area contributed by atoms with Crippen LogP contribution < -0.4 is 5.32 Å². The van der Waals surface area contributed by atoms with Crippen molar-refractivity contribution in [2.45, 2.75) is 45.8 Å². The highest BCUT2D eigenvalue weighted by Crippen LogP contribution is 2.33. The highest BCUT2D eigenvalue weighted by Gasteiger charge is 2.34. The number of hydrogen-bond acceptors (Lipinski definition) is 2. The van der Waals surface area contributed by atoms with E-state index in [1.54, 1.807) is 0 Å². The number of rotatable bonds is 3. The number of nitrogens with one attached hydrogen (secondary N) is 1. The molecule has 1 N–H and O–H groups in total. The lowest BCUT2D eigenvalue weighted by molar-refractivity contribution is -0.000539. The summed E-state index contributed by atoms with van der Waals surface area (Å²) in [6.45, 7) is 8.56. The van der Waals surface area contributed by atoms with Crippen LogP contribution in [0.3, 0.4) is 0 Å². The number of halogens is 1. The van der Waals surface area contributed by atoms with Crippen molar-refractivity contribution < 1.29 is 4.74 Å². The van der Waals surface area contributed by atoms with Crippen molar-refractivity contribution in [1.82, 2.24) is 5.32 Å². The third-order valence-corrected chi connectivity index (χ3v) is 4.77. The summed E-state index contributed by atoms with van der Waals surface area (Å²) >= 11 is 5.95. The maximum absolute atomic E-state index is 6.23. The van der Waals surface area contributed by atoms with Gasteiger partial charge in [-0.25, -0.2) is 0 Å². The molecule has 1 aliphatic rings. The zero-order chi connectivity index (χ0) is 13.9. The summed E-state index contributed by atoms with van der Waals surface area (Å²) in [6, 6.07) is 8.32. The monoisotopic (exact) mass is 281 g/mol. The van der Waals surface area contributed by atoms with E-state index in [0.717, 1.165) is 31.0 Å². The molecule has 2 unspecified atom stereocenters. The van der Waals surface area contributed by atoms with Crippen LogP contribution in [0.1, 0.15) is 45.3 Å². The summed E-state index contributed by atoms with van der Waals surface area (Å²) in [4.78, 5) is 0. The maximum Gasteiger partial charge on any atom is 0.0975 e. The second kappa shape index (κ2) is 6.25. The van der Waals surface area contributed by atoms with Gasteiger partial charge in [0.2, 0.25) is 0 Å². The number of benzene rings is 1. The van der Waals surface area contributed by atoms with Crippen molar-refractivity contribution in [3.8, 4) is 0 Å². The molecule has 0 amide bonds. The predicted molar refractivity (Wildman–Crippen MR) is 80.6 cm³/mol. The molecule has 19 heavy (non-hydrogen) atoms. The minimum absolute atomic E-state index is 0.109. The van der Waals surface area contributed by atoms with E-state index < -0.39 is 0 Å². The predicted octanol–water partition coefficient (Wildman–Crippen LogP) is 4.20. The average Bonchev–Trinajstić information content (AvgIpc) is 2.60. The van der Waals surface area contributed by atoms with Gasteiger partial charge in [0.1, 0.15) is 0 Å². The zero-order valence-corrected chi connectivity index (χ0v) is 12.8. The second-order valence-electron chi connectivity index (χ2n) is 5.66.